The fraction of sp³-hybridized carbons (Fsp3) is 0.211. The highest BCUT2D eigenvalue weighted by Crippen LogP contribution is 2.23. The number of ether oxygens (including phenoxy) is 1. The minimum atomic E-state index is -0.219. The molecule has 0 spiro atoms. The summed E-state index contributed by atoms with van der Waals surface area (Å²) in [5, 5.41) is 3.23. The quantitative estimate of drug-likeness (QED) is 0.715. The minimum Gasteiger partial charge on any atom is -0.383 e. The van der Waals surface area contributed by atoms with Gasteiger partial charge in [0.25, 0.3) is 0 Å². The highest BCUT2D eigenvalue weighted by atomic mass is 19.1. The number of imidazole rings is 1. The average molecular weight is 325 g/mol. The van der Waals surface area contributed by atoms with Gasteiger partial charge in [0.15, 0.2) is 0 Å². The van der Waals surface area contributed by atoms with Gasteiger partial charge in [-0.3, -0.25) is 0 Å². The minimum absolute atomic E-state index is 0.219. The molecule has 24 heavy (non-hydrogen) atoms. The summed E-state index contributed by atoms with van der Waals surface area (Å²) in [6.07, 6.45) is 1.83. The molecule has 0 unspecified atom stereocenters. The molecule has 0 amide bonds. The Morgan fingerprint density at radius 2 is 1.83 bits per heavy atom. The van der Waals surface area contributed by atoms with Gasteiger partial charge in [0.1, 0.15) is 5.82 Å². The Balaban J connectivity index is 1.85. The summed E-state index contributed by atoms with van der Waals surface area (Å²) in [4.78, 5) is 4.46. The average Bonchev–Trinajstić information content (AvgIpc) is 3.03. The number of aromatic nitrogens is 2. The highest BCUT2D eigenvalue weighted by Gasteiger charge is 2.12. The van der Waals surface area contributed by atoms with E-state index >= 15 is 0 Å². The number of methoxy groups -OCH3 is 1. The molecular formula is C19H20FN3O. The van der Waals surface area contributed by atoms with Gasteiger partial charge in [-0.05, 0) is 11.6 Å². The van der Waals surface area contributed by atoms with Crippen LogP contribution < -0.4 is 5.32 Å². The Morgan fingerprint density at radius 3 is 2.58 bits per heavy atom. The van der Waals surface area contributed by atoms with E-state index in [0.29, 0.717) is 31.2 Å². The summed E-state index contributed by atoms with van der Waals surface area (Å²) in [5.41, 5.74) is 2.70. The van der Waals surface area contributed by atoms with Gasteiger partial charge in [-0.25, -0.2) is 9.37 Å². The first-order valence-corrected chi connectivity index (χ1v) is 7.86. The Morgan fingerprint density at radius 1 is 1.08 bits per heavy atom. The van der Waals surface area contributed by atoms with Crippen LogP contribution in [-0.4, -0.2) is 23.3 Å². The molecule has 0 bridgehead atoms. The zero-order valence-electron chi connectivity index (χ0n) is 13.6. The first-order valence-electron chi connectivity index (χ1n) is 7.86. The second-order valence-corrected chi connectivity index (χ2v) is 5.42. The molecule has 2 aromatic carbocycles. The predicted octanol–water partition coefficient (Wildman–Crippen LogP) is 3.95. The van der Waals surface area contributed by atoms with Crippen molar-refractivity contribution in [2.45, 2.75) is 13.1 Å². The van der Waals surface area contributed by atoms with Crippen molar-refractivity contribution in [1.29, 1.82) is 0 Å². The number of nitrogens with zero attached hydrogens (tertiary/aromatic N) is 2. The van der Waals surface area contributed by atoms with E-state index < -0.39 is 0 Å². The van der Waals surface area contributed by atoms with Crippen molar-refractivity contribution in [3.8, 4) is 11.3 Å². The van der Waals surface area contributed by atoms with Crippen LogP contribution in [0.25, 0.3) is 11.3 Å². The van der Waals surface area contributed by atoms with Crippen LogP contribution in [0.2, 0.25) is 0 Å². The molecule has 3 rings (SSSR count). The SMILES string of the molecule is COCCn1c(-c2ccccc2)cnc1NCc1ccccc1F. The van der Waals surface area contributed by atoms with Gasteiger partial charge < -0.3 is 14.6 Å². The number of anilines is 1. The molecule has 0 atom stereocenters. The standard InChI is InChI=1S/C19H20FN3O/c1-24-12-11-23-18(15-7-3-2-4-8-15)14-22-19(23)21-13-16-9-5-6-10-17(16)20/h2-10,14H,11-13H2,1H3,(H,21,22). The fourth-order valence-corrected chi connectivity index (χ4v) is 2.58. The van der Waals surface area contributed by atoms with Crippen molar-refractivity contribution >= 4 is 5.95 Å². The van der Waals surface area contributed by atoms with E-state index in [-0.39, 0.29) is 5.82 Å². The van der Waals surface area contributed by atoms with Gasteiger partial charge in [-0.15, -0.1) is 0 Å². The molecule has 1 N–H and O–H groups in total. The number of halogens is 1. The third-order valence-corrected chi connectivity index (χ3v) is 3.84. The Labute approximate surface area is 140 Å². The highest BCUT2D eigenvalue weighted by molar-refractivity contribution is 5.61. The third kappa shape index (κ3) is 3.63. The van der Waals surface area contributed by atoms with Gasteiger partial charge in [-0.1, -0.05) is 48.5 Å². The number of rotatable bonds is 7. The van der Waals surface area contributed by atoms with Gasteiger partial charge in [-0.2, -0.15) is 0 Å². The van der Waals surface area contributed by atoms with Gasteiger partial charge >= 0.3 is 0 Å². The molecule has 0 fully saturated rings. The molecule has 0 aliphatic heterocycles. The summed E-state index contributed by atoms with van der Waals surface area (Å²) in [6, 6.07) is 16.8. The van der Waals surface area contributed by atoms with Crippen LogP contribution in [0.3, 0.4) is 0 Å². The van der Waals surface area contributed by atoms with Crippen molar-refractivity contribution in [3.63, 3.8) is 0 Å². The van der Waals surface area contributed by atoms with E-state index in [2.05, 4.69) is 14.9 Å². The Kier molecular flexibility index (Phi) is 5.23. The van der Waals surface area contributed by atoms with Crippen molar-refractivity contribution in [2.24, 2.45) is 0 Å². The molecular weight excluding hydrogens is 305 g/mol. The van der Waals surface area contributed by atoms with E-state index in [9.17, 15) is 4.39 Å². The van der Waals surface area contributed by atoms with E-state index in [4.69, 9.17) is 4.74 Å². The molecule has 5 heteroatoms. The molecule has 4 nitrogen and oxygen atoms in total. The monoisotopic (exact) mass is 325 g/mol. The Bertz CT molecular complexity index is 786. The maximum absolute atomic E-state index is 13.8. The molecule has 1 aromatic heterocycles. The number of nitrogens with one attached hydrogen (secondary N) is 1. The zero-order chi connectivity index (χ0) is 16.8. The van der Waals surface area contributed by atoms with Crippen molar-refractivity contribution in [3.05, 3.63) is 72.2 Å². The second kappa shape index (κ2) is 7.75. The first-order chi connectivity index (χ1) is 11.8. The molecule has 0 aliphatic carbocycles. The van der Waals surface area contributed by atoms with Crippen LogP contribution in [0.15, 0.2) is 60.8 Å². The van der Waals surface area contributed by atoms with E-state index in [1.165, 1.54) is 6.07 Å². The summed E-state index contributed by atoms with van der Waals surface area (Å²) < 4.78 is 21.0. The fourth-order valence-electron chi connectivity index (χ4n) is 2.58. The maximum atomic E-state index is 13.8. The van der Waals surface area contributed by atoms with E-state index in [1.807, 2.05) is 42.6 Å². The first kappa shape index (κ1) is 16.2. The number of hydrogen-bond acceptors (Lipinski definition) is 3. The lowest BCUT2D eigenvalue weighted by Crippen LogP contribution is -2.12. The van der Waals surface area contributed by atoms with Gasteiger partial charge in [0, 0.05) is 25.8 Å². The lowest BCUT2D eigenvalue weighted by atomic mass is 10.2. The summed E-state index contributed by atoms with van der Waals surface area (Å²) >= 11 is 0. The van der Waals surface area contributed by atoms with Gasteiger partial charge in [0.05, 0.1) is 18.5 Å². The van der Waals surface area contributed by atoms with Crippen LogP contribution in [0, 0.1) is 5.82 Å². The zero-order valence-corrected chi connectivity index (χ0v) is 13.6. The lowest BCUT2D eigenvalue weighted by Gasteiger charge is -2.13. The number of benzene rings is 2. The van der Waals surface area contributed by atoms with Crippen LogP contribution in [-0.2, 0) is 17.8 Å². The molecule has 124 valence electrons. The smallest absolute Gasteiger partial charge is 0.203 e. The summed E-state index contributed by atoms with van der Waals surface area (Å²) in [7, 11) is 1.67. The van der Waals surface area contributed by atoms with Crippen LogP contribution >= 0.6 is 0 Å². The molecule has 1 heterocycles. The topological polar surface area (TPSA) is 39.1 Å². The number of hydrogen-bond donors (Lipinski definition) is 1. The van der Waals surface area contributed by atoms with Crippen molar-refractivity contribution in [2.75, 3.05) is 19.0 Å². The van der Waals surface area contributed by atoms with Crippen molar-refractivity contribution in [1.82, 2.24) is 9.55 Å². The molecule has 0 radical (unpaired) electrons. The second-order valence-electron chi connectivity index (χ2n) is 5.42. The van der Waals surface area contributed by atoms with E-state index in [0.717, 1.165) is 11.3 Å². The third-order valence-electron chi connectivity index (χ3n) is 3.84. The van der Waals surface area contributed by atoms with Crippen LogP contribution in [0.5, 0.6) is 0 Å². The van der Waals surface area contributed by atoms with Crippen LogP contribution in [0.4, 0.5) is 10.3 Å². The van der Waals surface area contributed by atoms with Crippen LogP contribution in [0.1, 0.15) is 5.56 Å². The molecule has 0 saturated carbocycles. The molecule has 0 saturated heterocycles. The summed E-state index contributed by atoms with van der Waals surface area (Å²) in [6.45, 7) is 1.62. The van der Waals surface area contributed by atoms with Gasteiger partial charge in [0.2, 0.25) is 5.95 Å². The van der Waals surface area contributed by atoms with Crippen molar-refractivity contribution < 1.29 is 9.13 Å². The molecule has 3 aromatic rings. The Hall–Kier alpha value is -2.66. The lowest BCUT2D eigenvalue weighted by molar-refractivity contribution is 0.188. The summed E-state index contributed by atoms with van der Waals surface area (Å²) in [5.74, 6) is 0.484. The molecule has 0 aliphatic rings. The van der Waals surface area contributed by atoms with E-state index in [1.54, 1.807) is 19.2 Å². The largest absolute Gasteiger partial charge is 0.383 e. The maximum Gasteiger partial charge on any atom is 0.203 e. The normalized spacial score (nSPS) is 10.8. The predicted molar refractivity (Wildman–Crippen MR) is 93.3 cm³/mol.